The summed E-state index contributed by atoms with van der Waals surface area (Å²) < 4.78 is 41.5. The predicted molar refractivity (Wildman–Crippen MR) is 101 cm³/mol. The van der Waals surface area contributed by atoms with E-state index in [1.807, 2.05) is 24.3 Å². The average Bonchev–Trinajstić information content (AvgIpc) is 3.28. The van der Waals surface area contributed by atoms with E-state index < -0.39 is 11.7 Å². The van der Waals surface area contributed by atoms with Crippen LogP contribution in [0.15, 0.2) is 48.7 Å². The second-order valence-corrected chi connectivity index (χ2v) is 6.67. The number of halogens is 4. The van der Waals surface area contributed by atoms with E-state index in [2.05, 4.69) is 15.2 Å². The number of hydrogen-bond acceptors (Lipinski definition) is 3. The van der Waals surface area contributed by atoms with Crippen molar-refractivity contribution in [2.45, 2.75) is 12.6 Å². The summed E-state index contributed by atoms with van der Waals surface area (Å²) in [6, 6.07) is 11.6. The molecule has 0 unspecified atom stereocenters. The summed E-state index contributed by atoms with van der Waals surface area (Å²) in [5, 5.41) is 6.35. The third-order valence-corrected chi connectivity index (χ3v) is 4.73. The Hall–Kier alpha value is -2.84. The van der Waals surface area contributed by atoms with Crippen molar-refractivity contribution in [1.82, 2.24) is 19.7 Å². The highest BCUT2D eigenvalue weighted by atomic mass is 35.5. The molecule has 0 radical (unpaired) electrons. The maximum absolute atomic E-state index is 13.3. The molecule has 0 bridgehead atoms. The molecule has 0 saturated heterocycles. The number of imidazole rings is 1. The first-order valence-electron chi connectivity index (χ1n) is 8.47. The zero-order chi connectivity index (χ0) is 19.9. The van der Waals surface area contributed by atoms with Gasteiger partial charge in [-0.15, -0.1) is 0 Å². The van der Waals surface area contributed by atoms with Crippen molar-refractivity contribution in [3.8, 4) is 17.2 Å². The van der Waals surface area contributed by atoms with E-state index in [1.165, 1.54) is 6.07 Å². The third kappa shape index (κ3) is 3.25. The maximum Gasteiger partial charge on any atom is 0.417 e. The molecule has 5 nitrogen and oxygen atoms in total. The lowest BCUT2D eigenvalue weighted by molar-refractivity contribution is -0.137. The molecule has 0 amide bonds. The third-order valence-electron chi connectivity index (χ3n) is 4.42. The highest BCUT2D eigenvalue weighted by Crippen LogP contribution is 2.38. The second kappa shape index (κ2) is 6.96. The standard InChI is InChI=1S/C19H15ClF3N5/c20-14-10-17-16(9-13(14)19(21,22)23)26-18(15-6-8-25-27-15)28(17)12-3-1-11(2-4-12)5-7-24/h1-4,6,8-10H,5,7,24H2,(H,25,27). The molecule has 144 valence electrons. The molecule has 4 rings (SSSR count). The highest BCUT2D eigenvalue weighted by Gasteiger charge is 2.34. The number of nitrogens with one attached hydrogen (secondary N) is 1. The highest BCUT2D eigenvalue weighted by molar-refractivity contribution is 6.32. The summed E-state index contributed by atoms with van der Waals surface area (Å²) in [6.07, 6.45) is -2.27. The van der Waals surface area contributed by atoms with Gasteiger partial charge in [-0.1, -0.05) is 23.7 Å². The predicted octanol–water partition coefficient (Wildman–Crippen LogP) is 4.59. The van der Waals surface area contributed by atoms with Gasteiger partial charge in [0.05, 0.1) is 21.6 Å². The molecular weight excluding hydrogens is 391 g/mol. The van der Waals surface area contributed by atoms with Gasteiger partial charge in [-0.3, -0.25) is 9.67 Å². The Morgan fingerprint density at radius 1 is 1.11 bits per heavy atom. The van der Waals surface area contributed by atoms with E-state index in [9.17, 15) is 13.2 Å². The number of nitrogens with zero attached hydrogens (tertiary/aromatic N) is 3. The first-order valence-corrected chi connectivity index (χ1v) is 8.84. The second-order valence-electron chi connectivity index (χ2n) is 6.26. The number of nitrogens with two attached hydrogens (primary N) is 1. The molecule has 2 aromatic heterocycles. The number of aromatic nitrogens is 4. The Morgan fingerprint density at radius 2 is 1.86 bits per heavy atom. The fourth-order valence-electron chi connectivity index (χ4n) is 3.12. The number of aromatic amines is 1. The molecule has 0 aliphatic rings. The van der Waals surface area contributed by atoms with Crippen LogP contribution in [-0.2, 0) is 12.6 Å². The van der Waals surface area contributed by atoms with Crippen molar-refractivity contribution in [2.75, 3.05) is 6.54 Å². The van der Waals surface area contributed by atoms with E-state index in [0.29, 0.717) is 23.6 Å². The van der Waals surface area contributed by atoms with Gasteiger partial charge in [-0.2, -0.15) is 18.3 Å². The number of fused-ring (bicyclic) bond motifs is 1. The monoisotopic (exact) mass is 405 g/mol. The Balaban J connectivity index is 1.97. The lowest BCUT2D eigenvalue weighted by Gasteiger charge is -2.11. The summed E-state index contributed by atoms with van der Waals surface area (Å²) in [4.78, 5) is 4.42. The average molecular weight is 406 g/mol. The minimum atomic E-state index is -4.56. The Kier molecular flexibility index (Phi) is 4.60. The summed E-state index contributed by atoms with van der Waals surface area (Å²) in [5.74, 6) is 0.439. The van der Waals surface area contributed by atoms with E-state index in [1.54, 1.807) is 16.8 Å². The van der Waals surface area contributed by atoms with Gasteiger partial charge >= 0.3 is 6.18 Å². The molecule has 0 atom stereocenters. The van der Waals surface area contributed by atoms with Gasteiger partial charge in [0, 0.05) is 11.9 Å². The normalized spacial score (nSPS) is 12.0. The van der Waals surface area contributed by atoms with Crippen LogP contribution in [0.1, 0.15) is 11.1 Å². The number of rotatable bonds is 4. The van der Waals surface area contributed by atoms with Crippen LogP contribution in [0.3, 0.4) is 0 Å². The Labute approximate surface area is 162 Å². The summed E-state index contributed by atoms with van der Waals surface area (Å²) in [7, 11) is 0. The van der Waals surface area contributed by atoms with Crippen LogP contribution in [-0.4, -0.2) is 26.3 Å². The van der Waals surface area contributed by atoms with Crippen molar-refractivity contribution in [1.29, 1.82) is 0 Å². The molecule has 2 heterocycles. The van der Waals surface area contributed by atoms with Gasteiger partial charge in [-0.05, 0) is 48.9 Å². The zero-order valence-electron chi connectivity index (χ0n) is 14.5. The van der Waals surface area contributed by atoms with Crippen LogP contribution < -0.4 is 5.73 Å². The molecule has 2 aromatic carbocycles. The number of alkyl halides is 3. The topological polar surface area (TPSA) is 72.5 Å². The molecule has 28 heavy (non-hydrogen) atoms. The maximum atomic E-state index is 13.3. The molecule has 0 spiro atoms. The van der Waals surface area contributed by atoms with Crippen LogP contribution in [0.2, 0.25) is 5.02 Å². The number of benzene rings is 2. The van der Waals surface area contributed by atoms with Crippen LogP contribution in [0.4, 0.5) is 13.2 Å². The van der Waals surface area contributed by atoms with Crippen molar-refractivity contribution in [3.05, 3.63) is 64.8 Å². The van der Waals surface area contributed by atoms with Crippen LogP contribution in [0.25, 0.3) is 28.2 Å². The first kappa shape index (κ1) is 18.5. The van der Waals surface area contributed by atoms with Gasteiger partial charge in [0.2, 0.25) is 0 Å². The molecule has 9 heteroatoms. The van der Waals surface area contributed by atoms with Gasteiger partial charge in [0.25, 0.3) is 0 Å². The number of hydrogen-bond donors (Lipinski definition) is 2. The van der Waals surface area contributed by atoms with Crippen LogP contribution >= 0.6 is 11.6 Å². The molecule has 4 aromatic rings. The van der Waals surface area contributed by atoms with Gasteiger partial charge in [-0.25, -0.2) is 4.98 Å². The van der Waals surface area contributed by atoms with Crippen molar-refractivity contribution >= 4 is 22.6 Å². The van der Waals surface area contributed by atoms with Crippen LogP contribution in [0.5, 0.6) is 0 Å². The van der Waals surface area contributed by atoms with Crippen LogP contribution in [0, 0.1) is 0 Å². The quantitative estimate of drug-likeness (QED) is 0.521. The zero-order valence-corrected chi connectivity index (χ0v) is 15.2. The molecular formula is C19H15ClF3N5. The Bertz CT molecular complexity index is 1120. The minimum absolute atomic E-state index is 0.187. The SMILES string of the molecule is NCCc1ccc(-n2c(-c3ccn[nH]3)nc3cc(C(F)(F)F)c(Cl)cc32)cc1. The van der Waals surface area contributed by atoms with E-state index >= 15 is 0 Å². The molecule has 0 saturated carbocycles. The van der Waals surface area contributed by atoms with Crippen molar-refractivity contribution in [2.24, 2.45) is 5.73 Å². The largest absolute Gasteiger partial charge is 0.417 e. The fourth-order valence-corrected chi connectivity index (χ4v) is 3.38. The van der Waals surface area contributed by atoms with E-state index in [-0.39, 0.29) is 10.5 Å². The fraction of sp³-hybridized carbons (Fsp3) is 0.158. The summed E-state index contributed by atoms with van der Waals surface area (Å²) >= 11 is 5.95. The number of H-pyrrole nitrogens is 1. The van der Waals surface area contributed by atoms with E-state index in [4.69, 9.17) is 17.3 Å². The van der Waals surface area contributed by atoms with Gasteiger partial charge in [0.1, 0.15) is 5.69 Å². The van der Waals surface area contributed by atoms with Crippen molar-refractivity contribution < 1.29 is 13.2 Å². The van der Waals surface area contributed by atoms with E-state index in [0.717, 1.165) is 23.7 Å². The summed E-state index contributed by atoms with van der Waals surface area (Å²) in [6.45, 7) is 0.530. The Morgan fingerprint density at radius 3 is 2.46 bits per heavy atom. The smallest absolute Gasteiger partial charge is 0.330 e. The minimum Gasteiger partial charge on any atom is -0.330 e. The first-order chi connectivity index (χ1) is 13.4. The molecule has 0 aliphatic heterocycles. The van der Waals surface area contributed by atoms with Crippen molar-refractivity contribution in [3.63, 3.8) is 0 Å². The molecule has 0 aliphatic carbocycles. The molecule has 3 N–H and O–H groups in total. The van der Waals surface area contributed by atoms with Gasteiger partial charge in [0.15, 0.2) is 5.82 Å². The summed E-state index contributed by atoms with van der Waals surface area (Å²) in [5.41, 5.74) is 7.71. The molecule has 0 fully saturated rings. The lowest BCUT2D eigenvalue weighted by atomic mass is 10.1. The lowest BCUT2D eigenvalue weighted by Crippen LogP contribution is -2.06. The van der Waals surface area contributed by atoms with Gasteiger partial charge < -0.3 is 5.73 Å².